The van der Waals surface area contributed by atoms with Gasteiger partial charge in [0.1, 0.15) is 6.26 Å². The molecule has 0 saturated heterocycles. The van der Waals surface area contributed by atoms with Crippen molar-refractivity contribution in [2.24, 2.45) is 0 Å². The molecule has 0 aliphatic carbocycles. The Morgan fingerprint density at radius 2 is 2.17 bits per heavy atom. The van der Waals surface area contributed by atoms with Crippen LogP contribution in [-0.2, 0) is 9.47 Å². The summed E-state index contributed by atoms with van der Waals surface area (Å²) >= 11 is 0. The van der Waals surface area contributed by atoms with Gasteiger partial charge in [-0.2, -0.15) is 4.98 Å². The lowest BCUT2D eigenvalue weighted by molar-refractivity contribution is 0.0519. The quantitative estimate of drug-likeness (QED) is 0.521. The van der Waals surface area contributed by atoms with E-state index in [1.54, 1.807) is 6.92 Å². The molecular weight excluding hydrogens is 236 g/mol. The van der Waals surface area contributed by atoms with E-state index in [0.717, 1.165) is 6.54 Å². The van der Waals surface area contributed by atoms with Crippen molar-refractivity contribution >= 4 is 12.0 Å². The lowest BCUT2D eigenvalue weighted by Gasteiger charge is -2.17. The molecule has 18 heavy (non-hydrogen) atoms. The van der Waals surface area contributed by atoms with Gasteiger partial charge in [-0.05, 0) is 20.8 Å². The molecule has 0 amide bonds. The first-order chi connectivity index (χ1) is 8.72. The van der Waals surface area contributed by atoms with Gasteiger partial charge in [0, 0.05) is 19.7 Å². The van der Waals surface area contributed by atoms with Crippen molar-refractivity contribution in [3.63, 3.8) is 0 Å². The summed E-state index contributed by atoms with van der Waals surface area (Å²) in [6.07, 6.45) is 1.32. The molecule has 0 spiro atoms. The Balaban J connectivity index is 2.61. The fraction of sp³-hybridized carbons (Fsp3) is 0.667. The number of rotatable bonds is 8. The molecule has 0 aliphatic rings. The van der Waals surface area contributed by atoms with Gasteiger partial charge in [-0.25, -0.2) is 4.79 Å². The summed E-state index contributed by atoms with van der Waals surface area (Å²) in [7, 11) is 0. The molecule has 1 heterocycles. The molecular formula is C12H20N2O4. The van der Waals surface area contributed by atoms with Gasteiger partial charge in [0.2, 0.25) is 0 Å². The van der Waals surface area contributed by atoms with Gasteiger partial charge in [-0.3, -0.25) is 0 Å². The zero-order valence-electron chi connectivity index (χ0n) is 11.1. The van der Waals surface area contributed by atoms with Crippen LogP contribution in [0, 0.1) is 0 Å². The lowest BCUT2D eigenvalue weighted by Crippen LogP contribution is -2.27. The topological polar surface area (TPSA) is 64.8 Å². The Kier molecular flexibility index (Phi) is 6.21. The highest BCUT2D eigenvalue weighted by Crippen LogP contribution is 2.13. The molecule has 1 rings (SSSR count). The summed E-state index contributed by atoms with van der Waals surface area (Å²) in [4.78, 5) is 17.5. The number of carbonyl (C=O) groups excluding carboxylic acids is 1. The van der Waals surface area contributed by atoms with Crippen molar-refractivity contribution in [3.8, 4) is 0 Å². The van der Waals surface area contributed by atoms with Crippen LogP contribution in [0.2, 0.25) is 0 Å². The lowest BCUT2D eigenvalue weighted by atomic mass is 10.5. The standard InChI is InChI=1S/C12H20N2O4/c1-4-14(7-8-16-5-2)12-13-10(9-18-12)11(15)17-6-3/h9H,4-8H2,1-3H3. The third-order valence-corrected chi connectivity index (χ3v) is 2.34. The van der Waals surface area contributed by atoms with Crippen LogP contribution in [0.5, 0.6) is 0 Å². The van der Waals surface area contributed by atoms with Gasteiger partial charge >= 0.3 is 5.97 Å². The minimum absolute atomic E-state index is 0.196. The number of esters is 1. The maximum atomic E-state index is 11.4. The maximum absolute atomic E-state index is 11.4. The van der Waals surface area contributed by atoms with Crippen LogP contribution >= 0.6 is 0 Å². The Morgan fingerprint density at radius 1 is 1.39 bits per heavy atom. The smallest absolute Gasteiger partial charge is 0.360 e. The van der Waals surface area contributed by atoms with E-state index in [4.69, 9.17) is 13.9 Å². The van der Waals surface area contributed by atoms with Gasteiger partial charge in [0.25, 0.3) is 6.01 Å². The van der Waals surface area contributed by atoms with E-state index in [0.29, 0.717) is 32.4 Å². The summed E-state index contributed by atoms with van der Waals surface area (Å²) in [5, 5.41) is 0. The molecule has 0 bridgehead atoms. The highest BCUT2D eigenvalue weighted by atomic mass is 16.5. The molecule has 0 aliphatic heterocycles. The van der Waals surface area contributed by atoms with Crippen LogP contribution in [0.3, 0.4) is 0 Å². The number of carbonyl (C=O) groups is 1. The molecule has 0 N–H and O–H groups in total. The second-order valence-electron chi connectivity index (χ2n) is 3.51. The number of anilines is 1. The van der Waals surface area contributed by atoms with E-state index in [1.807, 2.05) is 18.7 Å². The first-order valence-electron chi connectivity index (χ1n) is 6.18. The monoisotopic (exact) mass is 256 g/mol. The van der Waals surface area contributed by atoms with Gasteiger partial charge in [-0.15, -0.1) is 0 Å². The number of likely N-dealkylation sites (N-methyl/N-ethyl adjacent to an activating group) is 1. The minimum atomic E-state index is -0.464. The summed E-state index contributed by atoms with van der Waals surface area (Å²) in [6.45, 7) is 8.68. The van der Waals surface area contributed by atoms with Crippen molar-refractivity contribution in [3.05, 3.63) is 12.0 Å². The average Bonchev–Trinajstić information content (AvgIpc) is 2.84. The SMILES string of the molecule is CCOCCN(CC)c1nc(C(=O)OCC)co1. The zero-order valence-corrected chi connectivity index (χ0v) is 11.1. The van der Waals surface area contributed by atoms with Gasteiger partial charge < -0.3 is 18.8 Å². The van der Waals surface area contributed by atoms with Crippen LogP contribution in [0.1, 0.15) is 31.3 Å². The van der Waals surface area contributed by atoms with Crippen molar-refractivity contribution in [2.75, 3.05) is 37.8 Å². The molecule has 6 nitrogen and oxygen atoms in total. The Labute approximate surface area is 107 Å². The highest BCUT2D eigenvalue weighted by Gasteiger charge is 2.16. The second kappa shape index (κ2) is 7.71. The molecule has 0 saturated carbocycles. The highest BCUT2D eigenvalue weighted by molar-refractivity contribution is 5.87. The van der Waals surface area contributed by atoms with Crippen LogP contribution < -0.4 is 4.90 Å². The second-order valence-corrected chi connectivity index (χ2v) is 3.51. The molecule has 1 aromatic rings. The molecule has 0 atom stereocenters. The summed E-state index contributed by atoms with van der Waals surface area (Å²) in [5.74, 6) is -0.464. The van der Waals surface area contributed by atoms with E-state index in [-0.39, 0.29) is 5.69 Å². The zero-order chi connectivity index (χ0) is 13.4. The summed E-state index contributed by atoms with van der Waals surface area (Å²) in [5.41, 5.74) is 0.196. The summed E-state index contributed by atoms with van der Waals surface area (Å²) < 4.78 is 15.4. The Hall–Kier alpha value is -1.56. The molecule has 0 radical (unpaired) electrons. The third-order valence-electron chi connectivity index (χ3n) is 2.34. The van der Waals surface area contributed by atoms with E-state index in [1.165, 1.54) is 6.26 Å². The van der Waals surface area contributed by atoms with Gasteiger partial charge in [0.05, 0.1) is 13.2 Å². The number of aromatic nitrogens is 1. The number of ether oxygens (including phenoxy) is 2. The maximum Gasteiger partial charge on any atom is 0.360 e. The summed E-state index contributed by atoms with van der Waals surface area (Å²) in [6, 6.07) is 0.417. The number of hydrogen-bond acceptors (Lipinski definition) is 6. The van der Waals surface area contributed by atoms with Gasteiger partial charge in [-0.1, -0.05) is 0 Å². The van der Waals surface area contributed by atoms with Crippen molar-refractivity contribution in [1.82, 2.24) is 4.98 Å². The first-order valence-corrected chi connectivity index (χ1v) is 6.18. The van der Waals surface area contributed by atoms with Crippen LogP contribution in [-0.4, -0.2) is 43.9 Å². The van der Waals surface area contributed by atoms with Crippen molar-refractivity contribution < 1.29 is 18.7 Å². The molecule has 102 valence electrons. The van der Waals surface area contributed by atoms with Crippen LogP contribution in [0.15, 0.2) is 10.7 Å². The number of oxazole rings is 1. The molecule has 0 fully saturated rings. The number of hydrogen-bond donors (Lipinski definition) is 0. The Bertz CT molecular complexity index is 365. The average molecular weight is 256 g/mol. The normalized spacial score (nSPS) is 10.4. The van der Waals surface area contributed by atoms with E-state index < -0.39 is 5.97 Å². The molecule has 6 heteroatoms. The fourth-order valence-electron chi connectivity index (χ4n) is 1.42. The molecule has 1 aromatic heterocycles. The van der Waals surface area contributed by atoms with Crippen LogP contribution in [0.25, 0.3) is 0 Å². The number of nitrogens with zero attached hydrogens (tertiary/aromatic N) is 2. The largest absolute Gasteiger partial charge is 0.461 e. The molecule has 0 aromatic carbocycles. The van der Waals surface area contributed by atoms with E-state index in [9.17, 15) is 4.79 Å². The van der Waals surface area contributed by atoms with Gasteiger partial charge in [0.15, 0.2) is 5.69 Å². The van der Waals surface area contributed by atoms with Crippen LogP contribution in [0.4, 0.5) is 6.01 Å². The molecule has 0 unspecified atom stereocenters. The van der Waals surface area contributed by atoms with Crippen molar-refractivity contribution in [1.29, 1.82) is 0 Å². The Morgan fingerprint density at radius 3 is 2.78 bits per heavy atom. The predicted octanol–water partition coefficient (Wildman–Crippen LogP) is 1.71. The van der Waals surface area contributed by atoms with Crippen molar-refractivity contribution in [2.45, 2.75) is 20.8 Å². The van der Waals surface area contributed by atoms with E-state index in [2.05, 4.69) is 4.98 Å². The predicted molar refractivity (Wildman–Crippen MR) is 66.8 cm³/mol. The first kappa shape index (κ1) is 14.5. The van der Waals surface area contributed by atoms with E-state index >= 15 is 0 Å². The third kappa shape index (κ3) is 4.03. The minimum Gasteiger partial charge on any atom is -0.461 e. The fourth-order valence-corrected chi connectivity index (χ4v) is 1.42.